The zero-order valence-corrected chi connectivity index (χ0v) is 18.1. The molecule has 1 saturated heterocycles. The number of hydrogen-bond acceptors (Lipinski definition) is 4. The fourth-order valence-electron chi connectivity index (χ4n) is 3.78. The van der Waals surface area contributed by atoms with E-state index in [1.54, 1.807) is 0 Å². The normalized spacial score (nSPS) is 15.0. The summed E-state index contributed by atoms with van der Waals surface area (Å²) < 4.78 is 61.3. The molecule has 0 radical (unpaired) electrons. The predicted octanol–water partition coefficient (Wildman–Crippen LogP) is 4.73. The second kappa shape index (κ2) is 8.84. The minimum atomic E-state index is -4.88. The number of benzene rings is 2. The third-order valence-corrected chi connectivity index (χ3v) is 5.58. The van der Waals surface area contributed by atoms with Crippen LogP contribution in [-0.4, -0.2) is 45.0 Å². The summed E-state index contributed by atoms with van der Waals surface area (Å²) in [6.07, 6.45) is -4.07. The lowest BCUT2D eigenvalue weighted by atomic mass is 10.1. The van der Waals surface area contributed by atoms with Crippen LogP contribution in [0, 0.1) is 19.7 Å². The Balaban J connectivity index is 1.51. The lowest BCUT2D eigenvalue weighted by Gasteiger charge is -2.32. The van der Waals surface area contributed by atoms with Gasteiger partial charge in [0.1, 0.15) is 17.7 Å². The fraction of sp³-hybridized carbons (Fsp3) is 0.348. The van der Waals surface area contributed by atoms with E-state index in [4.69, 9.17) is 4.74 Å². The van der Waals surface area contributed by atoms with Crippen LogP contribution < -0.4 is 4.74 Å². The highest BCUT2D eigenvalue weighted by atomic mass is 19.4. The first-order chi connectivity index (χ1) is 15.6. The molecule has 0 aliphatic carbocycles. The molecule has 3 aromatic rings. The summed E-state index contributed by atoms with van der Waals surface area (Å²) in [6, 6.07) is 10.2. The Kier molecular flexibility index (Phi) is 6.09. The van der Waals surface area contributed by atoms with E-state index in [0.29, 0.717) is 17.5 Å². The smallest absolute Gasteiger partial charge is 0.435 e. The fourth-order valence-corrected chi connectivity index (χ4v) is 3.78. The van der Waals surface area contributed by atoms with Crippen LogP contribution in [-0.2, 0) is 6.18 Å². The van der Waals surface area contributed by atoms with Crippen molar-refractivity contribution in [2.75, 3.05) is 13.1 Å². The predicted molar refractivity (Wildman–Crippen MR) is 112 cm³/mol. The lowest BCUT2D eigenvalue weighted by Crippen LogP contribution is -2.42. The lowest BCUT2D eigenvalue weighted by molar-refractivity contribution is -0.143. The molecule has 4 rings (SSSR count). The number of amides is 1. The quantitative estimate of drug-likeness (QED) is 0.527. The number of halogens is 4. The average Bonchev–Trinajstić information content (AvgIpc) is 3.23. The van der Waals surface area contributed by atoms with Gasteiger partial charge in [-0.1, -0.05) is 17.3 Å². The molecule has 0 atom stereocenters. The Bertz CT molecular complexity index is 1150. The molecule has 1 aromatic heterocycles. The molecule has 174 valence electrons. The summed E-state index contributed by atoms with van der Waals surface area (Å²) in [5.74, 6) is -0.683. The van der Waals surface area contributed by atoms with Crippen molar-refractivity contribution in [3.05, 3.63) is 70.8 Å². The molecule has 0 saturated carbocycles. The van der Waals surface area contributed by atoms with Crippen LogP contribution in [0.2, 0.25) is 0 Å². The van der Waals surface area contributed by atoms with Gasteiger partial charge in [-0.05, 0) is 55.3 Å². The van der Waals surface area contributed by atoms with Crippen molar-refractivity contribution in [2.24, 2.45) is 0 Å². The molecule has 10 heteroatoms. The van der Waals surface area contributed by atoms with Crippen molar-refractivity contribution in [2.45, 2.75) is 39.0 Å². The number of piperidine rings is 1. The summed E-state index contributed by atoms with van der Waals surface area (Å²) in [5.41, 5.74) is -0.0528. The average molecular weight is 462 g/mol. The van der Waals surface area contributed by atoms with Crippen molar-refractivity contribution in [1.29, 1.82) is 0 Å². The van der Waals surface area contributed by atoms with Crippen molar-refractivity contribution in [3.8, 4) is 11.4 Å². The minimum absolute atomic E-state index is 0.0455. The number of nitrogens with zero attached hydrogens (tertiary/aromatic N) is 4. The first-order valence-corrected chi connectivity index (χ1v) is 10.5. The van der Waals surface area contributed by atoms with E-state index in [1.807, 2.05) is 32.0 Å². The number of carbonyl (C=O) groups excluding carboxylic acids is 1. The van der Waals surface area contributed by atoms with Crippen LogP contribution in [0.15, 0.2) is 42.5 Å². The largest absolute Gasteiger partial charge is 0.490 e. The molecule has 33 heavy (non-hydrogen) atoms. The number of aromatic nitrogens is 3. The van der Waals surface area contributed by atoms with Crippen LogP contribution in [0.4, 0.5) is 17.6 Å². The van der Waals surface area contributed by atoms with Gasteiger partial charge in [-0.3, -0.25) is 4.79 Å². The van der Waals surface area contributed by atoms with Crippen LogP contribution >= 0.6 is 0 Å². The van der Waals surface area contributed by atoms with Gasteiger partial charge in [-0.25, -0.2) is 9.07 Å². The van der Waals surface area contributed by atoms with Gasteiger partial charge >= 0.3 is 6.18 Å². The molecule has 0 bridgehead atoms. The van der Waals surface area contributed by atoms with E-state index in [0.717, 1.165) is 41.1 Å². The number of alkyl halides is 3. The molecule has 0 spiro atoms. The zero-order chi connectivity index (χ0) is 23.8. The number of carbonyl (C=O) groups is 1. The maximum atomic E-state index is 13.8. The summed E-state index contributed by atoms with van der Waals surface area (Å²) in [7, 11) is 0. The highest BCUT2D eigenvalue weighted by Gasteiger charge is 2.43. The van der Waals surface area contributed by atoms with Gasteiger partial charge in [0.25, 0.3) is 5.91 Å². The number of ether oxygens (including phenoxy) is 1. The molecule has 2 aromatic carbocycles. The van der Waals surface area contributed by atoms with Crippen molar-refractivity contribution in [1.82, 2.24) is 19.9 Å². The Labute approximate surface area is 187 Å². The summed E-state index contributed by atoms with van der Waals surface area (Å²) in [6.45, 7) is 4.37. The molecule has 1 aliphatic rings. The summed E-state index contributed by atoms with van der Waals surface area (Å²) in [5, 5.41) is 7.08. The monoisotopic (exact) mass is 462 g/mol. The van der Waals surface area contributed by atoms with Gasteiger partial charge in [0.15, 0.2) is 11.4 Å². The molecular formula is C23H22F4N4O2. The highest BCUT2D eigenvalue weighted by Crippen LogP contribution is 2.34. The van der Waals surface area contributed by atoms with Crippen LogP contribution in [0.3, 0.4) is 0 Å². The van der Waals surface area contributed by atoms with E-state index in [-0.39, 0.29) is 24.9 Å². The Hall–Kier alpha value is -3.43. The Morgan fingerprint density at radius 1 is 1.06 bits per heavy atom. The first kappa shape index (κ1) is 22.8. The van der Waals surface area contributed by atoms with Crippen LogP contribution in [0.1, 0.15) is 40.2 Å². The summed E-state index contributed by atoms with van der Waals surface area (Å²) in [4.78, 5) is 14.3. The third kappa shape index (κ3) is 4.84. The topological polar surface area (TPSA) is 60.2 Å². The van der Waals surface area contributed by atoms with Gasteiger partial charge in [-0.15, -0.1) is 5.10 Å². The van der Waals surface area contributed by atoms with Crippen molar-refractivity contribution in [3.63, 3.8) is 0 Å². The molecule has 0 unspecified atom stereocenters. The molecule has 6 nitrogen and oxygen atoms in total. The molecule has 1 amide bonds. The maximum absolute atomic E-state index is 13.8. The molecule has 0 N–H and O–H groups in total. The molecule has 2 heterocycles. The van der Waals surface area contributed by atoms with Gasteiger partial charge in [0, 0.05) is 25.9 Å². The second-order valence-corrected chi connectivity index (χ2v) is 8.05. The van der Waals surface area contributed by atoms with E-state index < -0.39 is 29.3 Å². The SMILES string of the molecule is Cc1ccc(C)c(OC2CCN(C(=O)c3nnn(-c4ccc(F)cc4)c3C(F)(F)F)CC2)c1. The Morgan fingerprint density at radius 3 is 2.36 bits per heavy atom. The number of rotatable bonds is 4. The minimum Gasteiger partial charge on any atom is -0.490 e. The first-order valence-electron chi connectivity index (χ1n) is 10.5. The summed E-state index contributed by atoms with van der Waals surface area (Å²) >= 11 is 0. The molecular weight excluding hydrogens is 440 g/mol. The van der Waals surface area contributed by atoms with Gasteiger partial charge < -0.3 is 9.64 Å². The number of likely N-dealkylation sites (tertiary alicyclic amines) is 1. The molecule has 1 fully saturated rings. The van der Waals surface area contributed by atoms with E-state index in [9.17, 15) is 22.4 Å². The van der Waals surface area contributed by atoms with Crippen LogP contribution in [0.25, 0.3) is 5.69 Å². The number of aryl methyl sites for hydroxylation is 2. The van der Waals surface area contributed by atoms with E-state index in [1.165, 1.54) is 4.90 Å². The standard InChI is InChI=1S/C23H22F4N4O2/c1-14-3-4-15(2)19(13-14)33-18-9-11-30(12-10-18)22(32)20-21(23(25,26)27)31(29-28-20)17-7-5-16(24)6-8-17/h3-8,13,18H,9-12H2,1-2H3. The van der Waals surface area contributed by atoms with Crippen LogP contribution in [0.5, 0.6) is 5.75 Å². The second-order valence-electron chi connectivity index (χ2n) is 8.05. The van der Waals surface area contributed by atoms with Crippen molar-refractivity contribution < 1.29 is 27.1 Å². The zero-order valence-electron chi connectivity index (χ0n) is 18.1. The van der Waals surface area contributed by atoms with E-state index >= 15 is 0 Å². The number of hydrogen-bond donors (Lipinski definition) is 0. The maximum Gasteiger partial charge on any atom is 0.435 e. The van der Waals surface area contributed by atoms with E-state index in [2.05, 4.69) is 10.3 Å². The van der Waals surface area contributed by atoms with Gasteiger partial charge in [0.05, 0.1) is 5.69 Å². The van der Waals surface area contributed by atoms with Crippen molar-refractivity contribution >= 4 is 5.91 Å². The Morgan fingerprint density at radius 2 is 1.73 bits per heavy atom. The van der Waals surface area contributed by atoms with Gasteiger partial charge in [0.2, 0.25) is 0 Å². The molecule has 1 aliphatic heterocycles. The third-order valence-electron chi connectivity index (χ3n) is 5.58. The van der Waals surface area contributed by atoms with Gasteiger partial charge in [-0.2, -0.15) is 13.2 Å². The highest BCUT2D eigenvalue weighted by molar-refractivity contribution is 5.93.